The molecule has 4 nitrogen and oxygen atoms in total. The van der Waals surface area contributed by atoms with Gasteiger partial charge in [-0.3, -0.25) is 4.90 Å². The predicted octanol–water partition coefficient (Wildman–Crippen LogP) is 6.31. The fraction of sp³-hybridized carbons (Fsp3) is 0.207. The first kappa shape index (κ1) is 22.5. The van der Waals surface area contributed by atoms with Gasteiger partial charge < -0.3 is 9.47 Å². The van der Waals surface area contributed by atoms with Gasteiger partial charge in [0.1, 0.15) is 24.2 Å². The maximum Gasteiger partial charge on any atom is 0.124 e. The van der Waals surface area contributed by atoms with Crippen molar-refractivity contribution in [3.05, 3.63) is 108 Å². The topological polar surface area (TPSA) is 34.6 Å². The molecule has 0 spiro atoms. The highest BCUT2D eigenvalue weighted by Gasteiger charge is 2.28. The third-order valence-electron chi connectivity index (χ3n) is 5.94. The number of nitrogens with zero attached hydrogens (tertiary/aromatic N) is 2. The third-order valence-corrected chi connectivity index (χ3v) is 6.60. The van der Waals surface area contributed by atoms with Crippen LogP contribution < -0.4 is 9.47 Å². The quantitative estimate of drug-likeness (QED) is 0.269. The Morgan fingerprint density at radius 2 is 1.50 bits per heavy atom. The second-order valence-electron chi connectivity index (χ2n) is 8.47. The van der Waals surface area contributed by atoms with Gasteiger partial charge in [0.05, 0.1) is 5.03 Å². The van der Waals surface area contributed by atoms with Crippen LogP contribution in [-0.2, 0) is 13.2 Å². The van der Waals surface area contributed by atoms with Gasteiger partial charge in [-0.15, -0.1) is 11.8 Å². The van der Waals surface area contributed by atoms with Crippen LogP contribution in [0.3, 0.4) is 0 Å². The molecular weight excluding hydrogens is 440 g/mol. The molecule has 0 amide bonds. The molecule has 0 N–H and O–H groups in total. The minimum absolute atomic E-state index is 0.238. The number of pyridine rings is 1. The minimum Gasteiger partial charge on any atom is -0.489 e. The van der Waals surface area contributed by atoms with E-state index in [1.807, 2.05) is 30.7 Å². The van der Waals surface area contributed by atoms with Crippen LogP contribution in [0.25, 0.3) is 11.1 Å². The molecule has 0 aliphatic carbocycles. The molecule has 1 aliphatic rings. The van der Waals surface area contributed by atoms with Crippen molar-refractivity contribution in [2.24, 2.45) is 0 Å². The summed E-state index contributed by atoms with van der Waals surface area (Å²) in [6, 6.07) is 31.1. The van der Waals surface area contributed by atoms with E-state index in [0.717, 1.165) is 47.3 Å². The standard InChI is InChI=1S/C29H28N2O2S/c1-34-29-16-11-25(17-30-29)24-9-14-27(15-10-24)33-28-19-31(20-28)18-22-7-12-26(13-8-22)32-21-23-5-3-2-4-6-23/h2-17,28H,18-21H2,1H3. The zero-order valence-corrected chi connectivity index (χ0v) is 20.1. The van der Waals surface area contributed by atoms with Crippen LogP contribution in [-0.4, -0.2) is 35.3 Å². The first-order valence-corrected chi connectivity index (χ1v) is 12.7. The van der Waals surface area contributed by atoms with Gasteiger partial charge in [0, 0.05) is 31.4 Å². The maximum atomic E-state index is 6.16. The zero-order chi connectivity index (χ0) is 23.2. The SMILES string of the molecule is CSc1ccc(-c2ccc(OC3CN(Cc4ccc(OCc5ccccc5)cc4)C3)cc2)cn1. The molecule has 0 saturated carbocycles. The summed E-state index contributed by atoms with van der Waals surface area (Å²) in [6.07, 6.45) is 4.20. The van der Waals surface area contributed by atoms with Gasteiger partial charge in [-0.05, 0) is 53.3 Å². The second-order valence-corrected chi connectivity index (χ2v) is 9.29. The fourth-order valence-electron chi connectivity index (χ4n) is 4.01. The van der Waals surface area contributed by atoms with Crippen molar-refractivity contribution in [2.45, 2.75) is 24.3 Å². The summed E-state index contributed by atoms with van der Waals surface area (Å²) in [7, 11) is 0. The average molecular weight is 469 g/mol. The van der Waals surface area contributed by atoms with Gasteiger partial charge >= 0.3 is 0 Å². The van der Waals surface area contributed by atoms with Gasteiger partial charge in [0.25, 0.3) is 0 Å². The minimum atomic E-state index is 0.238. The number of hydrogen-bond donors (Lipinski definition) is 0. The Kier molecular flexibility index (Phi) is 7.13. The van der Waals surface area contributed by atoms with E-state index < -0.39 is 0 Å². The molecule has 0 bridgehead atoms. The van der Waals surface area contributed by atoms with Crippen LogP contribution in [0.15, 0.2) is 102 Å². The number of likely N-dealkylation sites (tertiary alicyclic amines) is 1. The lowest BCUT2D eigenvalue weighted by Crippen LogP contribution is -2.53. The molecule has 172 valence electrons. The molecule has 0 unspecified atom stereocenters. The van der Waals surface area contributed by atoms with E-state index in [9.17, 15) is 0 Å². The van der Waals surface area contributed by atoms with Crippen LogP contribution in [0.5, 0.6) is 11.5 Å². The second kappa shape index (κ2) is 10.8. The largest absolute Gasteiger partial charge is 0.489 e. The molecule has 5 heteroatoms. The van der Waals surface area contributed by atoms with Crippen molar-refractivity contribution in [1.29, 1.82) is 0 Å². The Labute approximate surface area is 205 Å². The number of hydrogen-bond acceptors (Lipinski definition) is 5. The van der Waals surface area contributed by atoms with Gasteiger partial charge in [0.15, 0.2) is 0 Å². The molecule has 2 heterocycles. The van der Waals surface area contributed by atoms with Crippen LogP contribution in [0.2, 0.25) is 0 Å². The predicted molar refractivity (Wildman–Crippen MR) is 138 cm³/mol. The Hall–Kier alpha value is -3.28. The molecule has 1 saturated heterocycles. The molecule has 1 aliphatic heterocycles. The Morgan fingerprint density at radius 3 is 2.18 bits per heavy atom. The molecule has 1 aromatic heterocycles. The van der Waals surface area contributed by atoms with E-state index in [2.05, 4.69) is 82.7 Å². The van der Waals surface area contributed by atoms with Gasteiger partial charge in [0.2, 0.25) is 0 Å². The van der Waals surface area contributed by atoms with E-state index in [-0.39, 0.29) is 6.10 Å². The van der Waals surface area contributed by atoms with Crippen molar-refractivity contribution >= 4 is 11.8 Å². The van der Waals surface area contributed by atoms with Crippen molar-refractivity contribution in [3.63, 3.8) is 0 Å². The molecule has 0 atom stereocenters. The number of thioether (sulfide) groups is 1. The van der Waals surface area contributed by atoms with E-state index in [0.29, 0.717) is 6.61 Å². The first-order chi connectivity index (χ1) is 16.7. The lowest BCUT2D eigenvalue weighted by molar-refractivity contribution is 0.0146. The van der Waals surface area contributed by atoms with E-state index in [4.69, 9.17) is 9.47 Å². The molecule has 4 aromatic rings. The number of benzene rings is 3. The molecule has 1 fully saturated rings. The Morgan fingerprint density at radius 1 is 0.794 bits per heavy atom. The molecular formula is C29H28N2O2S. The number of aromatic nitrogens is 1. The van der Waals surface area contributed by atoms with Crippen molar-refractivity contribution < 1.29 is 9.47 Å². The number of ether oxygens (including phenoxy) is 2. The maximum absolute atomic E-state index is 6.16. The molecule has 3 aromatic carbocycles. The molecule has 0 radical (unpaired) electrons. The van der Waals surface area contributed by atoms with Crippen molar-refractivity contribution in [2.75, 3.05) is 19.3 Å². The lowest BCUT2D eigenvalue weighted by Gasteiger charge is -2.39. The summed E-state index contributed by atoms with van der Waals surface area (Å²) in [6.45, 7) is 3.40. The molecule has 34 heavy (non-hydrogen) atoms. The summed E-state index contributed by atoms with van der Waals surface area (Å²) < 4.78 is 12.0. The lowest BCUT2D eigenvalue weighted by atomic mass is 10.1. The van der Waals surface area contributed by atoms with Gasteiger partial charge in [-0.1, -0.05) is 60.7 Å². The summed E-state index contributed by atoms with van der Waals surface area (Å²) in [4.78, 5) is 6.86. The highest BCUT2D eigenvalue weighted by Crippen LogP contribution is 2.26. The average Bonchev–Trinajstić information content (AvgIpc) is 2.88. The van der Waals surface area contributed by atoms with Crippen molar-refractivity contribution in [3.8, 4) is 22.6 Å². The molecule has 5 rings (SSSR count). The first-order valence-electron chi connectivity index (χ1n) is 11.5. The monoisotopic (exact) mass is 468 g/mol. The third kappa shape index (κ3) is 5.79. The summed E-state index contributed by atoms with van der Waals surface area (Å²) in [5.74, 6) is 1.82. The van der Waals surface area contributed by atoms with E-state index in [1.54, 1.807) is 11.8 Å². The van der Waals surface area contributed by atoms with Gasteiger partial charge in [-0.2, -0.15) is 0 Å². The van der Waals surface area contributed by atoms with E-state index in [1.165, 1.54) is 11.1 Å². The van der Waals surface area contributed by atoms with Crippen LogP contribution in [0.4, 0.5) is 0 Å². The summed E-state index contributed by atoms with van der Waals surface area (Å²) in [5, 5.41) is 1.03. The number of rotatable bonds is 9. The Balaban J connectivity index is 1.06. The van der Waals surface area contributed by atoms with Crippen LogP contribution >= 0.6 is 11.8 Å². The van der Waals surface area contributed by atoms with Crippen LogP contribution in [0, 0.1) is 0 Å². The summed E-state index contributed by atoms with van der Waals surface area (Å²) >= 11 is 1.65. The highest BCUT2D eigenvalue weighted by atomic mass is 32.2. The smallest absolute Gasteiger partial charge is 0.124 e. The Bertz CT molecular complexity index is 1170. The van der Waals surface area contributed by atoms with Crippen molar-refractivity contribution in [1.82, 2.24) is 9.88 Å². The fourth-order valence-corrected chi connectivity index (χ4v) is 4.37. The normalized spacial score (nSPS) is 13.9. The van der Waals surface area contributed by atoms with E-state index >= 15 is 0 Å². The zero-order valence-electron chi connectivity index (χ0n) is 19.3. The highest BCUT2D eigenvalue weighted by molar-refractivity contribution is 7.98. The van der Waals surface area contributed by atoms with Crippen LogP contribution in [0.1, 0.15) is 11.1 Å². The summed E-state index contributed by atoms with van der Waals surface area (Å²) in [5.41, 5.74) is 4.74. The van der Waals surface area contributed by atoms with Gasteiger partial charge in [-0.25, -0.2) is 4.98 Å².